The van der Waals surface area contributed by atoms with Gasteiger partial charge in [-0.2, -0.15) is 13.2 Å². The van der Waals surface area contributed by atoms with Crippen LogP contribution < -0.4 is 5.73 Å². The van der Waals surface area contributed by atoms with Crippen LogP contribution in [0.1, 0.15) is 24.0 Å². The molecule has 0 radical (unpaired) electrons. The van der Waals surface area contributed by atoms with Crippen molar-refractivity contribution < 1.29 is 18.0 Å². The molecule has 3 nitrogen and oxygen atoms in total. The number of carbonyl (C=O) groups excluding carboxylic acids is 1. The highest BCUT2D eigenvalue weighted by molar-refractivity contribution is 5.79. The molecule has 1 atom stereocenters. The van der Waals surface area contributed by atoms with E-state index in [4.69, 9.17) is 5.73 Å². The number of benzene rings is 1. The predicted molar refractivity (Wildman–Crippen MR) is 68.9 cm³/mol. The standard InChI is InChI=1S/C14H17F3N2O/c15-14(16,17)11-4-1-3-10(7-11)8-13(20)19-6-2-5-12(18)9-19/h1,3-4,7,12H,2,5-6,8-9,18H2/t12-/m0/s1. The second-order valence-electron chi connectivity index (χ2n) is 5.12. The molecule has 0 spiro atoms. The Morgan fingerprint density at radius 2 is 2.15 bits per heavy atom. The minimum Gasteiger partial charge on any atom is -0.341 e. The highest BCUT2D eigenvalue weighted by atomic mass is 19.4. The molecule has 0 aromatic heterocycles. The topological polar surface area (TPSA) is 46.3 Å². The van der Waals surface area contributed by atoms with Gasteiger partial charge >= 0.3 is 6.18 Å². The Balaban J connectivity index is 2.04. The first kappa shape index (κ1) is 14.8. The average Bonchev–Trinajstić information content (AvgIpc) is 2.38. The maximum Gasteiger partial charge on any atom is 0.416 e. The summed E-state index contributed by atoms with van der Waals surface area (Å²) in [6.07, 6.45) is -2.67. The third kappa shape index (κ3) is 3.72. The van der Waals surface area contributed by atoms with Crippen molar-refractivity contribution in [2.24, 2.45) is 5.73 Å². The lowest BCUT2D eigenvalue weighted by atomic mass is 10.0. The first-order valence-corrected chi connectivity index (χ1v) is 6.56. The number of alkyl halides is 3. The van der Waals surface area contributed by atoms with Crippen LogP contribution in [0.5, 0.6) is 0 Å². The monoisotopic (exact) mass is 286 g/mol. The fourth-order valence-electron chi connectivity index (χ4n) is 2.38. The Morgan fingerprint density at radius 1 is 1.40 bits per heavy atom. The smallest absolute Gasteiger partial charge is 0.341 e. The highest BCUT2D eigenvalue weighted by Gasteiger charge is 2.30. The molecule has 1 aliphatic rings. The molecule has 2 N–H and O–H groups in total. The molecule has 1 aliphatic heterocycles. The minimum absolute atomic E-state index is 0.0172. The van der Waals surface area contributed by atoms with Crippen molar-refractivity contribution in [3.63, 3.8) is 0 Å². The number of likely N-dealkylation sites (tertiary alicyclic amines) is 1. The third-order valence-electron chi connectivity index (χ3n) is 3.42. The largest absolute Gasteiger partial charge is 0.416 e. The van der Waals surface area contributed by atoms with Crippen molar-refractivity contribution in [2.75, 3.05) is 13.1 Å². The summed E-state index contributed by atoms with van der Waals surface area (Å²) in [4.78, 5) is 13.7. The summed E-state index contributed by atoms with van der Waals surface area (Å²) >= 11 is 0. The van der Waals surface area contributed by atoms with Crippen LogP contribution in [0.4, 0.5) is 13.2 Å². The summed E-state index contributed by atoms with van der Waals surface area (Å²) in [7, 11) is 0. The number of piperidine rings is 1. The van der Waals surface area contributed by atoms with E-state index in [1.165, 1.54) is 12.1 Å². The van der Waals surface area contributed by atoms with Crippen LogP contribution in [0.3, 0.4) is 0 Å². The minimum atomic E-state index is -4.38. The van der Waals surface area contributed by atoms with Crippen LogP contribution in [0.2, 0.25) is 0 Å². The van der Waals surface area contributed by atoms with Gasteiger partial charge < -0.3 is 10.6 Å². The van der Waals surface area contributed by atoms with Gasteiger partial charge in [-0.25, -0.2) is 0 Å². The Bertz CT molecular complexity index is 488. The quantitative estimate of drug-likeness (QED) is 0.906. The molecule has 0 aliphatic carbocycles. The number of halogens is 3. The molecular formula is C14H17F3N2O. The SMILES string of the molecule is N[C@H]1CCCN(C(=O)Cc2cccc(C(F)(F)F)c2)C1. The molecule has 1 heterocycles. The van der Waals surface area contributed by atoms with Crippen molar-refractivity contribution in [2.45, 2.75) is 31.5 Å². The van der Waals surface area contributed by atoms with Gasteiger partial charge in [-0.05, 0) is 24.5 Å². The lowest BCUT2D eigenvalue weighted by molar-refractivity contribution is -0.138. The van der Waals surface area contributed by atoms with E-state index in [-0.39, 0.29) is 18.4 Å². The number of hydrogen-bond donors (Lipinski definition) is 1. The summed E-state index contributed by atoms with van der Waals surface area (Å²) in [6, 6.07) is 4.87. The lowest BCUT2D eigenvalue weighted by Crippen LogP contribution is -2.46. The Labute approximate surface area is 115 Å². The molecule has 1 aromatic carbocycles. The second-order valence-corrected chi connectivity index (χ2v) is 5.12. The number of nitrogens with zero attached hydrogens (tertiary/aromatic N) is 1. The van der Waals surface area contributed by atoms with Crippen LogP contribution in [0.15, 0.2) is 24.3 Å². The molecule has 0 unspecified atom stereocenters. The summed E-state index contributed by atoms with van der Waals surface area (Å²) in [5.41, 5.74) is 5.45. The van der Waals surface area contributed by atoms with Gasteiger partial charge in [-0.1, -0.05) is 18.2 Å². The third-order valence-corrected chi connectivity index (χ3v) is 3.42. The molecule has 0 saturated carbocycles. The van der Waals surface area contributed by atoms with E-state index in [0.29, 0.717) is 18.7 Å². The van der Waals surface area contributed by atoms with Gasteiger partial charge in [0.25, 0.3) is 0 Å². The molecule has 1 aromatic rings. The zero-order valence-electron chi connectivity index (χ0n) is 11.0. The van der Waals surface area contributed by atoms with Crippen molar-refractivity contribution in [1.29, 1.82) is 0 Å². The number of hydrogen-bond acceptors (Lipinski definition) is 2. The van der Waals surface area contributed by atoms with E-state index in [2.05, 4.69) is 0 Å². The van der Waals surface area contributed by atoms with Gasteiger partial charge in [0.2, 0.25) is 5.91 Å². The van der Waals surface area contributed by atoms with E-state index < -0.39 is 11.7 Å². The first-order chi connectivity index (χ1) is 9.36. The van der Waals surface area contributed by atoms with Crippen LogP contribution >= 0.6 is 0 Å². The molecule has 20 heavy (non-hydrogen) atoms. The molecule has 110 valence electrons. The van der Waals surface area contributed by atoms with E-state index in [1.54, 1.807) is 4.90 Å². The van der Waals surface area contributed by atoms with E-state index in [9.17, 15) is 18.0 Å². The number of nitrogens with two attached hydrogens (primary N) is 1. The van der Waals surface area contributed by atoms with Crippen molar-refractivity contribution in [3.05, 3.63) is 35.4 Å². The fourth-order valence-corrected chi connectivity index (χ4v) is 2.38. The normalized spacial score (nSPS) is 20.0. The average molecular weight is 286 g/mol. The fraction of sp³-hybridized carbons (Fsp3) is 0.500. The van der Waals surface area contributed by atoms with Crippen LogP contribution in [-0.4, -0.2) is 29.9 Å². The first-order valence-electron chi connectivity index (χ1n) is 6.56. The maximum absolute atomic E-state index is 12.6. The van der Waals surface area contributed by atoms with Crippen LogP contribution in [0, 0.1) is 0 Å². The predicted octanol–water partition coefficient (Wildman–Crippen LogP) is 2.20. The van der Waals surface area contributed by atoms with E-state index in [1.807, 2.05) is 0 Å². The van der Waals surface area contributed by atoms with Crippen LogP contribution in [0.25, 0.3) is 0 Å². The highest BCUT2D eigenvalue weighted by Crippen LogP contribution is 2.29. The number of amides is 1. The summed E-state index contributed by atoms with van der Waals surface area (Å²) < 4.78 is 37.8. The molecule has 1 fully saturated rings. The van der Waals surface area contributed by atoms with Gasteiger partial charge in [0.05, 0.1) is 12.0 Å². The summed E-state index contributed by atoms with van der Waals surface area (Å²) in [5.74, 6) is -0.167. The van der Waals surface area contributed by atoms with Crippen molar-refractivity contribution >= 4 is 5.91 Å². The second kappa shape index (κ2) is 5.83. The zero-order chi connectivity index (χ0) is 14.8. The Morgan fingerprint density at radius 3 is 2.80 bits per heavy atom. The van der Waals surface area contributed by atoms with Gasteiger partial charge in [-0.3, -0.25) is 4.79 Å². The molecule has 1 saturated heterocycles. The Hall–Kier alpha value is -1.56. The van der Waals surface area contributed by atoms with Crippen molar-refractivity contribution in [3.8, 4) is 0 Å². The van der Waals surface area contributed by atoms with Gasteiger partial charge in [0.1, 0.15) is 0 Å². The molecular weight excluding hydrogens is 269 g/mol. The van der Waals surface area contributed by atoms with Gasteiger partial charge in [-0.15, -0.1) is 0 Å². The summed E-state index contributed by atoms with van der Waals surface area (Å²) in [6.45, 7) is 1.11. The van der Waals surface area contributed by atoms with Crippen molar-refractivity contribution in [1.82, 2.24) is 4.90 Å². The van der Waals surface area contributed by atoms with E-state index >= 15 is 0 Å². The Kier molecular flexibility index (Phi) is 4.32. The summed E-state index contributed by atoms with van der Waals surface area (Å²) in [5, 5.41) is 0. The van der Waals surface area contributed by atoms with Crippen LogP contribution in [-0.2, 0) is 17.4 Å². The lowest BCUT2D eigenvalue weighted by Gasteiger charge is -2.30. The molecule has 0 bridgehead atoms. The maximum atomic E-state index is 12.6. The molecule has 1 amide bonds. The van der Waals surface area contributed by atoms with Gasteiger partial charge in [0.15, 0.2) is 0 Å². The van der Waals surface area contributed by atoms with Gasteiger partial charge in [0, 0.05) is 19.1 Å². The molecule has 2 rings (SSSR count). The number of rotatable bonds is 2. The number of carbonyl (C=O) groups is 1. The van der Waals surface area contributed by atoms with E-state index in [0.717, 1.165) is 25.0 Å². The zero-order valence-corrected chi connectivity index (χ0v) is 11.0. The molecule has 6 heteroatoms.